The highest BCUT2D eigenvalue weighted by molar-refractivity contribution is 6.31. The van der Waals surface area contributed by atoms with Gasteiger partial charge in [0, 0.05) is 5.69 Å². The summed E-state index contributed by atoms with van der Waals surface area (Å²) in [7, 11) is 0. The fourth-order valence-corrected chi connectivity index (χ4v) is 2.25. The minimum atomic E-state index is -0.415. The predicted octanol–water partition coefficient (Wildman–Crippen LogP) is 5.48. The zero-order valence-corrected chi connectivity index (χ0v) is 13.8. The van der Waals surface area contributed by atoms with E-state index in [1.807, 2.05) is 19.1 Å². The SMILES string of the molecule is CC(CNc1ccc(F)c(Cl)c1)Oc1ccc(C(C)C)cc1. The fourth-order valence-electron chi connectivity index (χ4n) is 2.07. The van der Waals surface area contributed by atoms with Crippen LogP contribution in [0.25, 0.3) is 0 Å². The van der Waals surface area contributed by atoms with Crippen LogP contribution in [0.15, 0.2) is 42.5 Å². The Morgan fingerprint density at radius 3 is 2.36 bits per heavy atom. The minimum Gasteiger partial charge on any atom is -0.489 e. The molecule has 0 amide bonds. The van der Waals surface area contributed by atoms with Crippen molar-refractivity contribution in [3.8, 4) is 5.75 Å². The molecule has 1 atom stereocenters. The molecule has 1 N–H and O–H groups in total. The topological polar surface area (TPSA) is 21.3 Å². The van der Waals surface area contributed by atoms with Crippen LogP contribution in [0.2, 0.25) is 5.02 Å². The van der Waals surface area contributed by atoms with Gasteiger partial charge in [0.25, 0.3) is 0 Å². The Morgan fingerprint density at radius 1 is 1.09 bits per heavy atom. The lowest BCUT2D eigenvalue weighted by Crippen LogP contribution is -2.22. The Morgan fingerprint density at radius 2 is 1.77 bits per heavy atom. The monoisotopic (exact) mass is 321 g/mol. The smallest absolute Gasteiger partial charge is 0.141 e. The van der Waals surface area contributed by atoms with Crippen molar-refractivity contribution in [2.24, 2.45) is 0 Å². The molecule has 0 fully saturated rings. The van der Waals surface area contributed by atoms with Crippen molar-refractivity contribution in [1.29, 1.82) is 0 Å². The third-order valence-corrected chi connectivity index (χ3v) is 3.69. The first-order chi connectivity index (χ1) is 10.5. The normalized spacial score (nSPS) is 12.3. The lowest BCUT2D eigenvalue weighted by atomic mass is 10.0. The molecule has 0 radical (unpaired) electrons. The number of anilines is 1. The number of benzene rings is 2. The summed E-state index contributed by atoms with van der Waals surface area (Å²) < 4.78 is 18.9. The van der Waals surface area contributed by atoms with Crippen molar-refractivity contribution in [3.63, 3.8) is 0 Å². The molecule has 2 nitrogen and oxygen atoms in total. The van der Waals surface area contributed by atoms with Crippen molar-refractivity contribution >= 4 is 17.3 Å². The van der Waals surface area contributed by atoms with Crippen LogP contribution in [0.5, 0.6) is 5.75 Å². The Bertz CT molecular complexity index is 613. The van der Waals surface area contributed by atoms with Gasteiger partial charge in [0.05, 0.1) is 11.6 Å². The molecule has 0 saturated heterocycles. The number of nitrogens with one attached hydrogen (secondary N) is 1. The number of hydrogen-bond acceptors (Lipinski definition) is 2. The Kier molecular flexibility index (Phi) is 5.67. The molecule has 0 spiro atoms. The molecule has 0 aromatic heterocycles. The van der Waals surface area contributed by atoms with Crippen molar-refractivity contribution in [3.05, 3.63) is 58.9 Å². The average Bonchev–Trinajstić information content (AvgIpc) is 2.49. The molecule has 4 heteroatoms. The maximum Gasteiger partial charge on any atom is 0.141 e. The molecule has 22 heavy (non-hydrogen) atoms. The highest BCUT2D eigenvalue weighted by Crippen LogP contribution is 2.21. The maximum atomic E-state index is 13.1. The van der Waals surface area contributed by atoms with Gasteiger partial charge >= 0.3 is 0 Å². The van der Waals surface area contributed by atoms with Crippen LogP contribution in [-0.2, 0) is 0 Å². The largest absolute Gasteiger partial charge is 0.489 e. The molecule has 0 heterocycles. The quantitative estimate of drug-likeness (QED) is 0.760. The van der Waals surface area contributed by atoms with Gasteiger partial charge in [0.2, 0.25) is 0 Å². The van der Waals surface area contributed by atoms with E-state index in [4.69, 9.17) is 16.3 Å². The van der Waals surface area contributed by atoms with Crippen LogP contribution in [0, 0.1) is 5.82 Å². The predicted molar refractivity (Wildman–Crippen MR) is 90.5 cm³/mol. The van der Waals surface area contributed by atoms with Gasteiger partial charge in [-0.25, -0.2) is 4.39 Å². The second kappa shape index (κ2) is 7.50. The zero-order chi connectivity index (χ0) is 16.1. The van der Waals surface area contributed by atoms with E-state index < -0.39 is 5.82 Å². The summed E-state index contributed by atoms with van der Waals surface area (Å²) in [5.74, 6) is 0.939. The second-order valence-electron chi connectivity index (χ2n) is 5.66. The molecule has 0 aliphatic heterocycles. The van der Waals surface area contributed by atoms with Crippen molar-refractivity contribution in [2.45, 2.75) is 32.8 Å². The van der Waals surface area contributed by atoms with E-state index in [-0.39, 0.29) is 11.1 Å². The van der Waals surface area contributed by atoms with Gasteiger partial charge in [-0.05, 0) is 48.7 Å². The van der Waals surface area contributed by atoms with E-state index in [1.54, 1.807) is 12.1 Å². The zero-order valence-electron chi connectivity index (χ0n) is 13.1. The van der Waals surface area contributed by atoms with Gasteiger partial charge in [-0.3, -0.25) is 0 Å². The highest BCUT2D eigenvalue weighted by atomic mass is 35.5. The first-order valence-electron chi connectivity index (χ1n) is 7.41. The van der Waals surface area contributed by atoms with Gasteiger partial charge in [0.15, 0.2) is 0 Å². The molecular formula is C18H21ClFNO. The summed E-state index contributed by atoms with van der Waals surface area (Å²) in [4.78, 5) is 0. The van der Waals surface area contributed by atoms with Gasteiger partial charge in [-0.1, -0.05) is 37.6 Å². The summed E-state index contributed by atoms with van der Waals surface area (Å²) >= 11 is 5.75. The summed E-state index contributed by atoms with van der Waals surface area (Å²) in [6.45, 7) is 6.91. The summed E-state index contributed by atoms with van der Waals surface area (Å²) in [6, 6.07) is 12.7. The first-order valence-corrected chi connectivity index (χ1v) is 7.79. The molecule has 0 bridgehead atoms. The molecule has 0 aliphatic carbocycles. The number of rotatable bonds is 6. The molecule has 2 aromatic carbocycles. The third-order valence-electron chi connectivity index (χ3n) is 3.40. The average molecular weight is 322 g/mol. The number of halogens is 2. The van der Waals surface area contributed by atoms with E-state index in [2.05, 4.69) is 31.3 Å². The number of ether oxygens (including phenoxy) is 1. The van der Waals surface area contributed by atoms with Crippen LogP contribution >= 0.6 is 11.6 Å². The minimum absolute atomic E-state index is 0.0197. The molecular weight excluding hydrogens is 301 g/mol. The molecule has 0 saturated carbocycles. The molecule has 118 valence electrons. The van der Waals surface area contributed by atoms with Gasteiger partial charge in [-0.15, -0.1) is 0 Å². The van der Waals surface area contributed by atoms with E-state index >= 15 is 0 Å². The van der Waals surface area contributed by atoms with Crippen LogP contribution in [0.4, 0.5) is 10.1 Å². The third kappa shape index (κ3) is 4.63. The van der Waals surface area contributed by atoms with Crippen LogP contribution in [0.3, 0.4) is 0 Å². The van der Waals surface area contributed by atoms with Gasteiger partial charge in [-0.2, -0.15) is 0 Å². The molecule has 1 unspecified atom stereocenters. The summed E-state index contributed by atoms with van der Waals surface area (Å²) in [6.07, 6.45) is -0.0197. The lowest BCUT2D eigenvalue weighted by molar-refractivity contribution is 0.234. The molecule has 2 rings (SSSR count). The van der Waals surface area contributed by atoms with E-state index in [0.717, 1.165) is 11.4 Å². The Labute approximate surface area is 136 Å². The van der Waals surface area contributed by atoms with Gasteiger partial charge in [0.1, 0.15) is 17.7 Å². The number of hydrogen-bond donors (Lipinski definition) is 1. The summed E-state index contributed by atoms with van der Waals surface area (Å²) in [5.41, 5.74) is 2.07. The van der Waals surface area contributed by atoms with Crippen LogP contribution in [0.1, 0.15) is 32.3 Å². The van der Waals surface area contributed by atoms with Crippen molar-refractivity contribution < 1.29 is 9.13 Å². The molecule has 0 aliphatic rings. The van der Waals surface area contributed by atoms with E-state index in [9.17, 15) is 4.39 Å². The Balaban J connectivity index is 1.87. The van der Waals surface area contributed by atoms with Crippen molar-refractivity contribution in [1.82, 2.24) is 0 Å². The van der Waals surface area contributed by atoms with Crippen LogP contribution < -0.4 is 10.1 Å². The first kappa shape index (κ1) is 16.6. The van der Waals surface area contributed by atoms with E-state index in [1.165, 1.54) is 11.6 Å². The fraction of sp³-hybridized carbons (Fsp3) is 0.333. The second-order valence-corrected chi connectivity index (χ2v) is 6.07. The lowest BCUT2D eigenvalue weighted by Gasteiger charge is -2.17. The highest BCUT2D eigenvalue weighted by Gasteiger charge is 2.06. The van der Waals surface area contributed by atoms with Gasteiger partial charge < -0.3 is 10.1 Å². The van der Waals surface area contributed by atoms with Crippen LogP contribution in [-0.4, -0.2) is 12.6 Å². The standard InChI is InChI=1S/C18H21ClFNO/c1-12(2)14-4-7-16(8-5-14)22-13(3)11-21-15-6-9-18(20)17(19)10-15/h4-10,12-13,21H,11H2,1-3H3. The Hall–Kier alpha value is -1.74. The van der Waals surface area contributed by atoms with E-state index in [0.29, 0.717) is 12.5 Å². The summed E-state index contributed by atoms with van der Waals surface area (Å²) in [5, 5.41) is 3.30. The maximum absolute atomic E-state index is 13.1. The molecule has 2 aromatic rings. The van der Waals surface area contributed by atoms with Crippen molar-refractivity contribution in [2.75, 3.05) is 11.9 Å².